The van der Waals surface area contributed by atoms with Gasteiger partial charge < -0.3 is 10.1 Å². The number of carbonyl (C=O) groups is 1. The van der Waals surface area contributed by atoms with Gasteiger partial charge in [0.15, 0.2) is 0 Å². The number of unbranched alkanes of at least 4 members (excludes halogenated alkanes) is 1. The van der Waals surface area contributed by atoms with E-state index in [-0.39, 0.29) is 12.1 Å². The highest BCUT2D eigenvalue weighted by molar-refractivity contribution is 7.20. The Labute approximate surface area is 128 Å². The number of aromatic nitrogens is 2. The fraction of sp³-hybridized carbons (Fsp3) is 0.533. The fourth-order valence-corrected chi connectivity index (χ4v) is 3.08. The van der Waals surface area contributed by atoms with Crippen molar-refractivity contribution in [2.24, 2.45) is 0 Å². The summed E-state index contributed by atoms with van der Waals surface area (Å²) in [7, 11) is 0. The molecule has 0 aliphatic rings. The molecular formula is C15H21N3O2S. The zero-order valence-corrected chi connectivity index (χ0v) is 13.7. The molecule has 2 heterocycles. The van der Waals surface area contributed by atoms with Crippen molar-refractivity contribution in [1.82, 2.24) is 9.97 Å². The van der Waals surface area contributed by atoms with Crippen LogP contribution in [0.3, 0.4) is 0 Å². The van der Waals surface area contributed by atoms with E-state index in [1.165, 1.54) is 17.7 Å². The molecule has 6 heteroatoms. The minimum Gasteiger partial charge on any atom is -0.459 e. The van der Waals surface area contributed by atoms with E-state index < -0.39 is 0 Å². The van der Waals surface area contributed by atoms with Crippen LogP contribution in [0, 0.1) is 6.92 Å². The van der Waals surface area contributed by atoms with Gasteiger partial charge in [-0.1, -0.05) is 13.3 Å². The monoisotopic (exact) mass is 307 g/mol. The molecule has 0 bridgehead atoms. The molecule has 0 aliphatic heterocycles. The standard InChI is InChI=1S/C15H21N3O2S/c1-5-6-7-16-13-11-10(4)12(15(19)20-9(2)3)21-14(11)18-8-17-13/h8-9H,5-7H2,1-4H3,(H,16,17,18). The topological polar surface area (TPSA) is 64.1 Å². The molecule has 2 aromatic heterocycles. The Balaban J connectivity index is 2.36. The second-order valence-electron chi connectivity index (χ2n) is 5.19. The number of anilines is 1. The summed E-state index contributed by atoms with van der Waals surface area (Å²) >= 11 is 1.36. The lowest BCUT2D eigenvalue weighted by Gasteiger charge is -2.07. The van der Waals surface area contributed by atoms with E-state index in [9.17, 15) is 4.79 Å². The van der Waals surface area contributed by atoms with E-state index in [1.54, 1.807) is 0 Å². The average molecular weight is 307 g/mol. The first-order chi connectivity index (χ1) is 10.0. The second-order valence-corrected chi connectivity index (χ2v) is 6.19. The van der Waals surface area contributed by atoms with Crippen molar-refractivity contribution in [2.45, 2.75) is 46.6 Å². The van der Waals surface area contributed by atoms with Crippen LogP contribution < -0.4 is 5.32 Å². The smallest absolute Gasteiger partial charge is 0.348 e. The molecule has 2 rings (SSSR count). The maximum atomic E-state index is 12.1. The van der Waals surface area contributed by atoms with Gasteiger partial charge in [0.2, 0.25) is 0 Å². The Hall–Kier alpha value is -1.69. The number of rotatable bonds is 6. The molecule has 0 aliphatic carbocycles. The highest BCUT2D eigenvalue weighted by atomic mass is 32.1. The molecule has 2 aromatic rings. The number of aryl methyl sites for hydroxylation is 1. The third-order valence-corrected chi connectivity index (χ3v) is 4.26. The van der Waals surface area contributed by atoms with Crippen LogP contribution in [0.1, 0.15) is 48.8 Å². The van der Waals surface area contributed by atoms with Crippen molar-refractivity contribution >= 4 is 33.3 Å². The lowest BCUT2D eigenvalue weighted by atomic mass is 10.2. The van der Waals surface area contributed by atoms with Gasteiger partial charge in [0, 0.05) is 6.54 Å². The first-order valence-corrected chi connectivity index (χ1v) is 8.05. The Morgan fingerprint density at radius 3 is 2.86 bits per heavy atom. The van der Waals surface area contributed by atoms with Gasteiger partial charge >= 0.3 is 5.97 Å². The summed E-state index contributed by atoms with van der Waals surface area (Å²) in [6, 6.07) is 0. The SMILES string of the molecule is CCCCNc1ncnc2sc(C(=O)OC(C)C)c(C)c12. The quantitative estimate of drug-likeness (QED) is 0.650. The summed E-state index contributed by atoms with van der Waals surface area (Å²) in [6.45, 7) is 8.62. The first-order valence-electron chi connectivity index (χ1n) is 7.23. The van der Waals surface area contributed by atoms with Gasteiger partial charge in [-0.2, -0.15) is 0 Å². The maximum Gasteiger partial charge on any atom is 0.348 e. The van der Waals surface area contributed by atoms with E-state index in [0.717, 1.165) is 41.0 Å². The maximum absolute atomic E-state index is 12.1. The Morgan fingerprint density at radius 2 is 2.19 bits per heavy atom. The normalized spacial score (nSPS) is 11.1. The third-order valence-electron chi connectivity index (χ3n) is 3.08. The van der Waals surface area contributed by atoms with Gasteiger partial charge in [-0.25, -0.2) is 14.8 Å². The number of ether oxygens (including phenoxy) is 1. The van der Waals surface area contributed by atoms with Gasteiger partial charge in [0.05, 0.1) is 11.5 Å². The van der Waals surface area contributed by atoms with Crippen molar-refractivity contribution < 1.29 is 9.53 Å². The van der Waals surface area contributed by atoms with Crippen molar-refractivity contribution in [3.8, 4) is 0 Å². The largest absolute Gasteiger partial charge is 0.459 e. The Bertz CT molecular complexity index is 637. The highest BCUT2D eigenvalue weighted by Gasteiger charge is 2.20. The average Bonchev–Trinajstić information content (AvgIpc) is 2.77. The van der Waals surface area contributed by atoms with Gasteiger partial charge in [-0.3, -0.25) is 0 Å². The molecular weight excluding hydrogens is 286 g/mol. The Morgan fingerprint density at radius 1 is 1.43 bits per heavy atom. The summed E-state index contributed by atoms with van der Waals surface area (Å²) in [5, 5.41) is 4.25. The van der Waals surface area contributed by atoms with Crippen LogP contribution in [0.2, 0.25) is 0 Å². The van der Waals surface area contributed by atoms with Gasteiger partial charge in [-0.15, -0.1) is 11.3 Å². The third kappa shape index (κ3) is 3.50. The van der Waals surface area contributed by atoms with E-state index >= 15 is 0 Å². The molecule has 1 N–H and O–H groups in total. The number of thiophene rings is 1. The number of nitrogens with zero attached hydrogens (tertiary/aromatic N) is 2. The van der Waals surface area contributed by atoms with Crippen LogP contribution in [-0.4, -0.2) is 28.6 Å². The summed E-state index contributed by atoms with van der Waals surface area (Å²) < 4.78 is 5.29. The minimum absolute atomic E-state index is 0.129. The number of esters is 1. The zero-order chi connectivity index (χ0) is 15.4. The summed E-state index contributed by atoms with van der Waals surface area (Å²) in [5.41, 5.74) is 0.889. The van der Waals surface area contributed by atoms with Crippen LogP contribution in [0.15, 0.2) is 6.33 Å². The van der Waals surface area contributed by atoms with Crippen molar-refractivity contribution in [2.75, 3.05) is 11.9 Å². The number of nitrogens with one attached hydrogen (secondary N) is 1. The van der Waals surface area contributed by atoms with Gasteiger partial charge in [-0.05, 0) is 32.8 Å². The van der Waals surface area contributed by atoms with Crippen molar-refractivity contribution in [3.63, 3.8) is 0 Å². The second kappa shape index (κ2) is 6.85. The van der Waals surface area contributed by atoms with E-state index in [0.29, 0.717) is 4.88 Å². The fourth-order valence-electron chi connectivity index (χ4n) is 2.05. The first kappa shape index (κ1) is 15.7. The molecule has 0 saturated carbocycles. The highest BCUT2D eigenvalue weighted by Crippen LogP contribution is 2.33. The van der Waals surface area contributed by atoms with E-state index in [4.69, 9.17) is 4.74 Å². The van der Waals surface area contributed by atoms with Crippen LogP contribution in [0.25, 0.3) is 10.2 Å². The predicted octanol–water partition coefficient (Wildman–Crippen LogP) is 3.78. The molecule has 0 fully saturated rings. The molecule has 0 unspecified atom stereocenters. The summed E-state index contributed by atoms with van der Waals surface area (Å²) in [5.74, 6) is 0.510. The summed E-state index contributed by atoms with van der Waals surface area (Å²) in [4.78, 5) is 22.1. The molecule has 0 radical (unpaired) electrons. The van der Waals surface area contributed by atoms with Crippen LogP contribution >= 0.6 is 11.3 Å². The van der Waals surface area contributed by atoms with Crippen LogP contribution in [0.5, 0.6) is 0 Å². The number of fused-ring (bicyclic) bond motifs is 1. The van der Waals surface area contributed by atoms with E-state index in [2.05, 4.69) is 22.2 Å². The molecule has 0 spiro atoms. The van der Waals surface area contributed by atoms with Crippen molar-refractivity contribution in [3.05, 3.63) is 16.8 Å². The number of hydrogen-bond acceptors (Lipinski definition) is 6. The zero-order valence-electron chi connectivity index (χ0n) is 12.9. The van der Waals surface area contributed by atoms with Gasteiger partial charge in [0.1, 0.15) is 21.9 Å². The molecule has 0 aromatic carbocycles. The molecule has 114 valence electrons. The molecule has 5 nitrogen and oxygen atoms in total. The van der Waals surface area contributed by atoms with E-state index in [1.807, 2.05) is 20.8 Å². The van der Waals surface area contributed by atoms with Gasteiger partial charge in [0.25, 0.3) is 0 Å². The number of hydrogen-bond donors (Lipinski definition) is 1. The summed E-state index contributed by atoms with van der Waals surface area (Å²) in [6.07, 6.45) is 3.60. The minimum atomic E-state index is -0.287. The molecule has 21 heavy (non-hydrogen) atoms. The van der Waals surface area contributed by atoms with Crippen LogP contribution in [-0.2, 0) is 4.74 Å². The molecule has 0 amide bonds. The van der Waals surface area contributed by atoms with Crippen LogP contribution in [0.4, 0.5) is 5.82 Å². The lowest BCUT2D eigenvalue weighted by Crippen LogP contribution is -2.11. The Kier molecular flexibility index (Phi) is 5.12. The lowest BCUT2D eigenvalue weighted by molar-refractivity contribution is 0.0383. The van der Waals surface area contributed by atoms with Crippen molar-refractivity contribution in [1.29, 1.82) is 0 Å². The molecule has 0 atom stereocenters. The number of carbonyl (C=O) groups excluding carboxylic acids is 1. The molecule has 0 saturated heterocycles. The predicted molar refractivity (Wildman–Crippen MR) is 86.1 cm³/mol.